The Labute approximate surface area is 80.4 Å². The molecule has 0 heterocycles. The highest BCUT2D eigenvalue weighted by molar-refractivity contribution is 8.00. The van der Waals surface area contributed by atoms with Crippen LogP contribution in [0.25, 0.3) is 0 Å². The molecule has 0 saturated heterocycles. The highest BCUT2D eigenvalue weighted by atomic mass is 32.2. The summed E-state index contributed by atoms with van der Waals surface area (Å²) in [4.78, 5) is 11.5. The Kier molecular flexibility index (Phi) is 3.37. The first-order valence-corrected chi connectivity index (χ1v) is 5.47. The summed E-state index contributed by atoms with van der Waals surface area (Å²) in [5.41, 5.74) is 1.46. The van der Waals surface area contributed by atoms with E-state index in [1.165, 1.54) is 0 Å². The number of hydrogen-bond acceptors (Lipinski definition) is 2. The van der Waals surface area contributed by atoms with Crippen LogP contribution in [0, 0.1) is 6.92 Å². The second-order valence-corrected chi connectivity index (χ2v) is 4.38. The molecule has 0 radical (unpaired) electrons. The Balaban J connectivity index is 3.02. The molecule has 0 saturated carbocycles. The van der Waals surface area contributed by atoms with Gasteiger partial charge in [0.2, 0.25) is 5.12 Å². The van der Waals surface area contributed by atoms with E-state index < -0.39 is 10.8 Å². The minimum Gasteiger partial charge on any atom is -0.279 e. The maximum atomic E-state index is 11.5. The van der Waals surface area contributed by atoms with Gasteiger partial charge < -0.3 is 0 Å². The Bertz CT molecular complexity index is 345. The molecular weight excluding hydrogens is 184 g/mol. The summed E-state index contributed by atoms with van der Waals surface area (Å²) in [5, 5.41) is -0.263. The van der Waals surface area contributed by atoms with Crippen molar-refractivity contribution in [3.63, 3.8) is 0 Å². The molecule has 2 nitrogen and oxygen atoms in total. The summed E-state index contributed by atoms with van der Waals surface area (Å²) in [5.74, 6) is 0.382. The van der Waals surface area contributed by atoms with Crippen LogP contribution < -0.4 is 0 Å². The number of benzene rings is 1. The normalized spacial score (nSPS) is 12.5. The van der Waals surface area contributed by atoms with Gasteiger partial charge in [0, 0.05) is 11.3 Å². The zero-order chi connectivity index (χ0) is 9.84. The first-order valence-electron chi connectivity index (χ1n) is 4.15. The van der Waals surface area contributed by atoms with E-state index in [-0.39, 0.29) is 5.12 Å². The summed E-state index contributed by atoms with van der Waals surface area (Å²) < 4.78 is 11.2. The van der Waals surface area contributed by atoms with E-state index in [2.05, 4.69) is 0 Å². The fourth-order valence-electron chi connectivity index (χ4n) is 1.06. The summed E-state index contributed by atoms with van der Waals surface area (Å²) >= 11 is 0. The first-order chi connectivity index (χ1) is 6.16. The Morgan fingerprint density at radius 3 is 2.54 bits per heavy atom. The van der Waals surface area contributed by atoms with Crippen LogP contribution in [0.1, 0.15) is 22.8 Å². The Morgan fingerprint density at radius 2 is 2.00 bits per heavy atom. The van der Waals surface area contributed by atoms with E-state index in [1.54, 1.807) is 19.1 Å². The second kappa shape index (κ2) is 4.33. The van der Waals surface area contributed by atoms with Crippen molar-refractivity contribution in [1.29, 1.82) is 0 Å². The molecule has 0 amide bonds. The standard InChI is InChI=1S/C10H12O2S/c1-3-13(12)10(11)9-7-5-4-6-8(9)2/h4-7H,3H2,1-2H3. The lowest BCUT2D eigenvalue weighted by atomic mass is 10.1. The fraction of sp³-hybridized carbons (Fsp3) is 0.300. The lowest BCUT2D eigenvalue weighted by Gasteiger charge is -2.01. The van der Waals surface area contributed by atoms with Gasteiger partial charge in [-0.05, 0) is 12.5 Å². The van der Waals surface area contributed by atoms with Crippen LogP contribution in [-0.2, 0) is 10.8 Å². The van der Waals surface area contributed by atoms with Gasteiger partial charge in [-0.2, -0.15) is 0 Å². The van der Waals surface area contributed by atoms with Crippen LogP contribution in [0.3, 0.4) is 0 Å². The number of hydrogen-bond donors (Lipinski definition) is 0. The van der Waals surface area contributed by atoms with Crippen molar-refractivity contribution in [3.8, 4) is 0 Å². The third-order valence-corrected chi connectivity index (χ3v) is 2.99. The minimum atomic E-state index is -1.37. The van der Waals surface area contributed by atoms with E-state index in [4.69, 9.17) is 0 Å². The van der Waals surface area contributed by atoms with Crippen molar-refractivity contribution >= 4 is 15.9 Å². The molecule has 0 aliphatic heterocycles. The maximum Gasteiger partial charge on any atom is 0.249 e. The Morgan fingerprint density at radius 1 is 1.38 bits per heavy atom. The molecule has 1 unspecified atom stereocenters. The molecule has 0 bridgehead atoms. The third-order valence-electron chi connectivity index (χ3n) is 1.83. The van der Waals surface area contributed by atoms with Crippen LogP contribution in [0.4, 0.5) is 0 Å². The molecule has 3 heteroatoms. The van der Waals surface area contributed by atoms with Gasteiger partial charge in [0.15, 0.2) is 0 Å². The van der Waals surface area contributed by atoms with Gasteiger partial charge in [-0.3, -0.25) is 9.00 Å². The van der Waals surface area contributed by atoms with E-state index in [9.17, 15) is 9.00 Å². The monoisotopic (exact) mass is 196 g/mol. The van der Waals surface area contributed by atoms with E-state index in [0.717, 1.165) is 5.56 Å². The predicted octanol–water partition coefficient (Wildman–Crippen LogP) is 1.90. The van der Waals surface area contributed by atoms with Gasteiger partial charge in [0.05, 0.1) is 10.8 Å². The smallest absolute Gasteiger partial charge is 0.249 e. The third kappa shape index (κ3) is 2.25. The molecular formula is C10H12O2S. The summed E-state index contributed by atoms with van der Waals surface area (Å²) in [6.45, 7) is 3.59. The molecule has 0 aliphatic rings. The van der Waals surface area contributed by atoms with Crippen molar-refractivity contribution in [2.75, 3.05) is 5.75 Å². The van der Waals surface area contributed by atoms with E-state index in [1.807, 2.05) is 19.1 Å². The predicted molar refractivity (Wildman–Crippen MR) is 54.2 cm³/mol. The molecule has 0 aromatic heterocycles. The molecule has 1 aromatic carbocycles. The molecule has 0 spiro atoms. The lowest BCUT2D eigenvalue weighted by molar-refractivity contribution is 0.108. The van der Waals surface area contributed by atoms with Gasteiger partial charge in [-0.1, -0.05) is 31.2 Å². The number of rotatable bonds is 2. The molecule has 1 aromatic rings. The number of carbonyl (C=O) groups excluding carboxylic acids is 1. The van der Waals surface area contributed by atoms with Crippen molar-refractivity contribution in [2.24, 2.45) is 0 Å². The second-order valence-electron chi connectivity index (χ2n) is 2.74. The molecule has 0 aliphatic carbocycles. The lowest BCUT2D eigenvalue weighted by Crippen LogP contribution is -2.10. The van der Waals surface area contributed by atoms with Gasteiger partial charge in [-0.25, -0.2) is 0 Å². The van der Waals surface area contributed by atoms with Gasteiger partial charge in [-0.15, -0.1) is 0 Å². The van der Waals surface area contributed by atoms with Crippen molar-refractivity contribution < 1.29 is 9.00 Å². The van der Waals surface area contributed by atoms with Gasteiger partial charge in [0.1, 0.15) is 0 Å². The number of carbonyl (C=O) groups is 1. The highest BCUT2D eigenvalue weighted by Crippen LogP contribution is 2.09. The van der Waals surface area contributed by atoms with Crippen molar-refractivity contribution in [2.45, 2.75) is 13.8 Å². The molecule has 70 valence electrons. The maximum absolute atomic E-state index is 11.5. The van der Waals surface area contributed by atoms with Gasteiger partial charge >= 0.3 is 0 Å². The van der Waals surface area contributed by atoms with Crippen LogP contribution >= 0.6 is 0 Å². The highest BCUT2D eigenvalue weighted by Gasteiger charge is 2.13. The van der Waals surface area contributed by atoms with Crippen LogP contribution in [0.15, 0.2) is 24.3 Å². The summed E-state index contributed by atoms with van der Waals surface area (Å²) in [6, 6.07) is 7.21. The quantitative estimate of drug-likeness (QED) is 0.724. The first kappa shape index (κ1) is 10.1. The molecule has 0 fully saturated rings. The van der Waals surface area contributed by atoms with E-state index >= 15 is 0 Å². The SMILES string of the molecule is CCS(=O)C(=O)c1ccccc1C. The summed E-state index contributed by atoms with van der Waals surface area (Å²) in [7, 11) is -1.37. The van der Waals surface area contributed by atoms with Crippen LogP contribution in [-0.4, -0.2) is 15.1 Å². The Hall–Kier alpha value is -0.960. The summed E-state index contributed by atoms with van der Waals surface area (Å²) in [6.07, 6.45) is 0. The minimum absolute atomic E-state index is 0.263. The zero-order valence-electron chi connectivity index (χ0n) is 7.74. The van der Waals surface area contributed by atoms with Crippen molar-refractivity contribution in [1.82, 2.24) is 0 Å². The molecule has 1 rings (SSSR count). The average Bonchev–Trinajstić information content (AvgIpc) is 2.16. The van der Waals surface area contributed by atoms with Crippen LogP contribution in [0.5, 0.6) is 0 Å². The molecule has 1 atom stereocenters. The average molecular weight is 196 g/mol. The topological polar surface area (TPSA) is 34.1 Å². The number of aryl methyl sites for hydroxylation is 1. The van der Waals surface area contributed by atoms with Crippen LogP contribution in [0.2, 0.25) is 0 Å². The molecule has 13 heavy (non-hydrogen) atoms. The fourth-order valence-corrected chi connectivity index (χ4v) is 1.79. The van der Waals surface area contributed by atoms with Gasteiger partial charge in [0.25, 0.3) is 0 Å². The van der Waals surface area contributed by atoms with Crippen molar-refractivity contribution in [3.05, 3.63) is 35.4 Å². The largest absolute Gasteiger partial charge is 0.279 e. The van der Waals surface area contributed by atoms with E-state index in [0.29, 0.717) is 11.3 Å². The zero-order valence-corrected chi connectivity index (χ0v) is 8.56. The molecule has 0 N–H and O–H groups in total.